The molecule has 9 heteroatoms. The number of rotatable bonds is 6. The van der Waals surface area contributed by atoms with E-state index < -0.39 is 0 Å². The van der Waals surface area contributed by atoms with Gasteiger partial charge in [0, 0.05) is 5.56 Å². The van der Waals surface area contributed by atoms with Crippen LogP contribution in [0.1, 0.15) is 11.1 Å². The van der Waals surface area contributed by atoms with Crippen molar-refractivity contribution in [3.05, 3.63) is 46.4 Å². The normalized spacial score (nSPS) is 16.4. The van der Waals surface area contributed by atoms with Gasteiger partial charge in [0.1, 0.15) is 4.32 Å². The van der Waals surface area contributed by atoms with Gasteiger partial charge in [0.2, 0.25) is 12.5 Å². The van der Waals surface area contributed by atoms with Crippen LogP contribution in [-0.2, 0) is 11.3 Å². The quantitative estimate of drug-likeness (QED) is 0.491. The van der Waals surface area contributed by atoms with E-state index in [4.69, 9.17) is 35.9 Å². The maximum Gasteiger partial charge on any atom is 0.266 e. The van der Waals surface area contributed by atoms with E-state index >= 15 is 0 Å². The zero-order valence-corrected chi connectivity index (χ0v) is 18.2. The van der Waals surface area contributed by atoms with Crippen LogP contribution >= 0.6 is 24.0 Å². The summed E-state index contributed by atoms with van der Waals surface area (Å²) in [5.41, 5.74) is 1.60. The van der Waals surface area contributed by atoms with E-state index in [9.17, 15) is 4.79 Å². The molecule has 156 valence electrons. The standard InChI is InChI=1S/C21H19NO6S2/c1-24-15-7-5-13(18(25-2)19(15)26-3)9-17-20(23)22(21(29)30-17)10-12-4-6-14-16(8-12)28-11-27-14/h4-9H,10-11H2,1-3H3/b17-9+. The van der Waals surface area contributed by atoms with Gasteiger partial charge in [-0.05, 0) is 35.9 Å². The molecule has 0 saturated carbocycles. The summed E-state index contributed by atoms with van der Waals surface area (Å²) in [5, 5.41) is 0. The average Bonchev–Trinajstić information content (AvgIpc) is 3.32. The highest BCUT2D eigenvalue weighted by molar-refractivity contribution is 8.26. The van der Waals surface area contributed by atoms with Gasteiger partial charge in [0.05, 0.1) is 32.8 Å². The summed E-state index contributed by atoms with van der Waals surface area (Å²) in [6, 6.07) is 9.17. The molecule has 0 aromatic heterocycles. The van der Waals surface area contributed by atoms with Crippen LogP contribution < -0.4 is 23.7 Å². The Hall–Kier alpha value is -2.91. The van der Waals surface area contributed by atoms with E-state index in [0.717, 1.165) is 5.56 Å². The molecule has 2 aromatic carbocycles. The summed E-state index contributed by atoms with van der Waals surface area (Å²) in [6.45, 7) is 0.553. The highest BCUT2D eigenvalue weighted by atomic mass is 32.2. The van der Waals surface area contributed by atoms with Gasteiger partial charge in [0.15, 0.2) is 23.0 Å². The smallest absolute Gasteiger partial charge is 0.266 e. The number of methoxy groups -OCH3 is 3. The SMILES string of the molecule is COc1ccc(/C=C2/SC(=S)N(Cc3ccc4c(c3)OCO4)C2=O)c(OC)c1OC. The van der Waals surface area contributed by atoms with Crippen molar-refractivity contribution < 1.29 is 28.5 Å². The zero-order valence-electron chi connectivity index (χ0n) is 16.6. The number of thioether (sulfide) groups is 1. The molecule has 30 heavy (non-hydrogen) atoms. The van der Waals surface area contributed by atoms with Crippen LogP contribution in [-0.4, -0.2) is 43.2 Å². The molecule has 2 aliphatic heterocycles. The van der Waals surface area contributed by atoms with Crippen LogP contribution in [0.15, 0.2) is 35.2 Å². The predicted molar refractivity (Wildman–Crippen MR) is 117 cm³/mol. The summed E-state index contributed by atoms with van der Waals surface area (Å²) in [4.78, 5) is 15.1. The summed E-state index contributed by atoms with van der Waals surface area (Å²) >= 11 is 6.70. The molecule has 0 spiro atoms. The molecule has 7 nitrogen and oxygen atoms in total. The van der Waals surface area contributed by atoms with E-state index in [1.807, 2.05) is 24.3 Å². The molecule has 1 fully saturated rings. The lowest BCUT2D eigenvalue weighted by Gasteiger charge is -2.15. The first kappa shape index (κ1) is 20.4. The maximum atomic E-state index is 13.0. The number of carbonyl (C=O) groups is 1. The van der Waals surface area contributed by atoms with Crippen LogP contribution in [0.25, 0.3) is 6.08 Å². The number of thiocarbonyl (C=S) groups is 1. The lowest BCUT2D eigenvalue weighted by atomic mass is 10.1. The van der Waals surface area contributed by atoms with Crippen LogP contribution in [0.3, 0.4) is 0 Å². The number of hydrogen-bond acceptors (Lipinski definition) is 8. The molecule has 1 amide bonds. The summed E-state index contributed by atoms with van der Waals surface area (Å²) in [5.74, 6) is 2.69. The molecule has 2 aromatic rings. The molecule has 0 bridgehead atoms. The molecule has 0 atom stereocenters. The average molecular weight is 446 g/mol. The van der Waals surface area contributed by atoms with E-state index in [0.29, 0.717) is 50.1 Å². The lowest BCUT2D eigenvalue weighted by Crippen LogP contribution is -2.27. The van der Waals surface area contributed by atoms with Crippen molar-refractivity contribution >= 4 is 40.3 Å². The second-order valence-electron chi connectivity index (χ2n) is 6.38. The lowest BCUT2D eigenvalue weighted by molar-refractivity contribution is -0.122. The minimum atomic E-state index is -0.167. The third-order valence-corrected chi connectivity index (χ3v) is 6.05. The van der Waals surface area contributed by atoms with Gasteiger partial charge < -0.3 is 23.7 Å². The topological polar surface area (TPSA) is 66.5 Å². The van der Waals surface area contributed by atoms with Crippen LogP contribution in [0.5, 0.6) is 28.7 Å². The second kappa shape index (κ2) is 8.45. The Kier molecular flexibility index (Phi) is 5.74. The Morgan fingerprint density at radius 1 is 1.07 bits per heavy atom. The van der Waals surface area contributed by atoms with Gasteiger partial charge in [-0.15, -0.1) is 0 Å². The number of nitrogens with zero attached hydrogens (tertiary/aromatic N) is 1. The number of amides is 1. The Labute approximate surface area is 183 Å². The van der Waals surface area contributed by atoms with Crippen molar-refractivity contribution in [1.82, 2.24) is 4.90 Å². The fourth-order valence-electron chi connectivity index (χ4n) is 3.24. The van der Waals surface area contributed by atoms with E-state index in [2.05, 4.69) is 0 Å². The monoisotopic (exact) mass is 445 g/mol. The summed E-state index contributed by atoms with van der Waals surface area (Å²) in [6.07, 6.45) is 1.75. The largest absolute Gasteiger partial charge is 0.493 e. The molecular weight excluding hydrogens is 426 g/mol. The molecule has 2 heterocycles. The minimum absolute atomic E-state index is 0.167. The predicted octanol–water partition coefficient (Wildman–Crippen LogP) is 3.84. The molecule has 1 saturated heterocycles. The maximum absolute atomic E-state index is 13.0. The van der Waals surface area contributed by atoms with Crippen LogP contribution in [0, 0.1) is 0 Å². The fraction of sp³-hybridized carbons (Fsp3) is 0.238. The van der Waals surface area contributed by atoms with E-state index in [1.165, 1.54) is 18.9 Å². The highest BCUT2D eigenvalue weighted by Crippen LogP contribution is 2.42. The Morgan fingerprint density at radius 2 is 1.83 bits per heavy atom. The van der Waals surface area contributed by atoms with Crippen molar-refractivity contribution in [3.8, 4) is 28.7 Å². The zero-order chi connectivity index (χ0) is 21.3. The molecule has 0 radical (unpaired) electrons. The highest BCUT2D eigenvalue weighted by Gasteiger charge is 2.33. The molecule has 0 aliphatic carbocycles. The number of carbonyl (C=O) groups excluding carboxylic acids is 1. The molecule has 0 unspecified atom stereocenters. The van der Waals surface area contributed by atoms with Crippen molar-refractivity contribution in [2.75, 3.05) is 28.1 Å². The number of fused-ring (bicyclic) bond motifs is 1. The molecule has 2 aliphatic rings. The van der Waals surface area contributed by atoms with Gasteiger partial charge >= 0.3 is 0 Å². The van der Waals surface area contributed by atoms with Crippen molar-refractivity contribution in [2.24, 2.45) is 0 Å². The second-order valence-corrected chi connectivity index (χ2v) is 8.05. The first-order valence-electron chi connectivity index (χ1n) is 8.98. The van der Waals surface area contributed by atoms with Gasteiger partial charge in [-0.25, -0.2) is 0 Å². The number of benzene rings is 2. The molecular formula is C21H19NO6S2. The van der Waals surface area contributed by atoms with Crippen molar-refractivity contribution in [1.29, 1.82) is 0 Å². The molecule has 4 rings (SSSR count). The fourth-order valence-corrected chi connectivity index (χ4v) is 4.48. The summed E-state index contributed by atoms with van der Waals surface area (Å²) < 4.78 is 27.5. The van der Waals surface area contributed by atoms with Crippen molar-refractivity contribution in [3.63, 3.8) is 0 Å². The third-order valence-electron chi connectivity index (χ3n) is 4.67. The van der Waals surface area contributed by atoms with Gasteiger partial charge in [-0.1, -0.05) is 30.0 Å². The van der Waals surface area contributed by atoms with Crippen LogP contribution in [0.2, 0.25) is 0 Å². The Balaban J connectivity index is 1.60. The first-order valence-corrected chi connectivity index (χ1v) is 10.2. The number of hydrogen-bond donors (Lipinski definition) is 0. The first-order chi connectivity index (χ1) is 14.5. The Morgan fingerprint density at radius 3 is 2.57 bits per heavy atom. The van der Waals surface area contributed by atoms with E-state index in [-0.39, 0.29) is 12.7 Å². The molecule has 0 N–H and O–H groups in total. The van der Waals surface area contributed by atoms with Crippen molar-refractivity contribution in [2.45, 2.75) is 6.54 Å². The van der Waals surface area contributed by atoms with Gasteiger partial charge in [-0.3, -0.25) is 9.69 Å². The minimum Gasteiger partial charge on any atom is -0.493 e. The third kappa shape index (κ3) is 3.66. The summed E-state index contributed by atoms with van der Waals surface area (Å²) in [7, 11) is 4.63. The number of ether oxygens (including phenoxy) is 5. The van der Waals surface area contributed by atoms with Gasteiger partial charge in [-0.2, -0.15) is 0 Å². The van der Waals surface area contributed by atoms with Gasteiger partial charge in [0.25, 0.3) is 5.91 Å². The van der Waals surface area contributed by atoms with Crippen LogP contribution in [0.4, 0.5) is 0 Å². The van der Waals surface area contributed by atoms with E-state index in [1.54, 1.807) is 31.3 Å². The Bertz CT molecular complexity index is 1050.